The first-order chi connectivity index (χ1) is 24.1. The quantitative estimate of drug-likeness (QED) is 0.0700. The van der Waals surface area contributed by atoms with Gasteiger partial charge in [0.2, 0.25) is 11.3 Å². The highest BCUT2D eigenvalue weighted by atomic mass is 16.5. The van der Waals surface area contributed by atoms with Crippen LogP contribution in [0.15, 0.2) is 48.5 Å². The third-order valence-corrected chi connectivity index (χ3v) is 6.34. The van der Waals surface area contributed by atoms with Crippen LogP contribution in [0, 0.1) is 0 Å². The number of phenols is 2. The summed E-state index contributed by atoms with van der Waals surface area (Å²) in [5, 5.41) is 52.3. The fourth-order valence-corrected chi connectivity index (χ4v) is 3.73. The molecule has 2 saturated heterocycles. The summed E-state index contributed by atoms with van der Waals surface area (Å²) in [6, 6.07) is 7.96. The second-order valence-corrected chi connectivity index (χ2v) is 10.1. The summed E-state index contributed by atoms with van der Waals surface area (Å²) in [6.07, 6.45) is 0.809. The average Bonchev–Trinajstić information content (AvgIpc) is 3.55. The molecule has 2 atom stereocenters. The number of carbonyl (C=O) groups is 8. The summed E-state index contributed by atoms with van der Waals surface area (Å²) in [4.78, 5) is 91.0. The van der Waals surface area contributed by atoms with E-state index in [0.717, 1.165) is 6.42 Å². The van der Waals surface area contributed by atoms with E-state index in [-0.39, 0.29) is 17.5 Å². The second kappa shape index (κ2) is 18.8. The molecule has 0 aliphatic carbocycles. The van der Waals surface area contributed by atoms with Gasteiger partial charge in [-0.05, 0) is 55.0 Å². The van der Waals surface area contributed by atoms with Gasteiger partial charge in [-0.25, -0.2) is 28.8 Å². The molecule has 276 valence electrons. The number of hydrogen-bond acceptors (Lipinski definition) is 14. The molecule has 0 aromatic heterocycles. The molecule has 2 aromatic carbocycles. The maximum absolute atomic E-state index is 11.8. The second-order valence-electron chi connectivity index (χ2n) is 10.1. The molecule has 0 saturated carbocycles. The normalized spacial score (nSPS) is 18.4. The zero-order valence-electron chi connectivity index (χ0n) is 27.0. The van der Waals surface area contributed by atoms with Gasteiger partial charge in [0.05, 0.1) is 44.7 Å². The molecule has 0 radical (unpaired) electrons. The first-order valence-corrected chi connectivity index (χ1v) is 14.6. The monoisotopic (exact) mass is 720 g/mol. The van der Waals surface area contributed by atoms with Crippen molar-refractivity contribution in [2.75, 3.05) is 33.6 Å². The molecule has 22 heteroatoms. The van der Waals surface area contributed by atoms with E-state index >= 15 is 0 Å². The number of urea groups is 4. The lowest BCUT2D eigenvalue weighted by Gasteiger charge is -2.26. The van der Waals surface area contributed by atoms with Crippen molar-refractivity contribution in [3.05, 3.63) is 59.7 Å². The highest BCUT2D eigenvalue weighted by Gasteiger charge is 2.48. The molecule has 0 bridgehead atoms. The molecule has 22 nitrogen and oxygen atoms in total. The number of aliphatic hydroxyl groups excluding tert-OH is 2. The SMILES string of the molecule is CCCOC(=O)c1ccc(O)cc1.COC(=O)c1ccc(O)cc1.O=C(NCNC(=O)NC1(CO)NC(=O)NC1=O)NC1(CO)NC(=O)NC1=O. The van der Waals surface area contributed by atoms with Crippen LogP contribution in [0.5, 0.6) is 11.5 Å². The fraction of sp³-hybridized carbons (Fsp3) is 0.310. The minimum atomic E-state index is -2.06. The topological polar surface area (TPSA) is 332 Å². The van der Waals surface area contributed by atoms with Crippen LogP contribution in [0.1, 0.15) is 34.1 Å². The van der Waals surface area contributed by atoms with E-state index in [9.17, 15) is 48.6 Å². The van der Waals surface area contributed by atoms with E-state index in [1.165, 1.54) is 55.6 Å². The van der Waals surface area contributed by atoms with E-state index in [1.54, 1.807) is 0 Å². The van der Waals surface area contributed by atoms with Crippen LogP contribution in [-0.2, 0) is 19.1 Å². The van der Waals surface area contributed by atoms with Gasteiger partial charge in [0.15, 0.2) is 0 Å². The molecule has 4 rings (SSSR count). The first-order valence-electron chi connectivity index (χ1n) is 14.6. The summed E-state index contributed by atoms with van der Waals surface area (Å²) in [6.45, 7) is -0.0187. The maximum Gasteiger partial charge on any atom is 0.338 e. The van der Waals surface area contributed by atoms with Crippen LogP contribution >= 0.6 is 0 Å². The molecule has 2 fully saturated rings. The molecule has 0 spiro atoms. The number of methoxy groups -OCH3 is 1. The van der Waals surface area contributed by atoms with Crippen molar-refractivity contribution in [2.45, 2.75) is 24.7 Å². The Kier molecular flexibility index (Phi) is 14.9. The third kappa shape index (κ3) is 11.8. The number of imide groups is 2. The number of esters is 2. The van der Waals surface area contributed by atoms with Crippen LogP contribution < -0.4 is 42.5 Å². The molecular formula is C29H36N8O14. The van der Waals surface area contributed by atoms with Crippen LogP contribution in [-0.4, -0.2) is 113 Å². The van der Waals surface area contributed by atoms with Crippen molar-refractivity contribution in [3.8, 4) is 11.5 Å². The van der Waals surface area contributed by atoms with Crippen molar-refractivity contribution in [2.24, 2.45) is 0 Å². The molecule has 2 aliphatic heterocycles. The maximum atomic E-state index is 11.8. The van der Waals surface area contributed by atoms with Gasteiger partial charge in [-0.15, -0.1) is 0 Å². The van der Waals surface area contributed by atoms with Gasteiger partial charge in [-0.1, -0.05) is 6.92 Å². The van der Waals surface area contributed by atoms with Gasteiger partial charge in [-0.3, -0.25) is 20.2 Å². The number of ether oxygens (including phenoxy) is 2. The molecule has 10 amide bonds. The van der Waals surface area contributed by atoms with E-state index in [0.29, 0.717) is 17.7 Å². The smallest absolute Gasteiger partial charge is 0.338 e. The number of hydrogen-bond donors (Lipinski definition) is 12. The first kappa shape index (κ1) is 40.5. The zero-order chi connectivity index (χ0) is 38.2. The van der Waals surface area contributed by atoms with Gasteiger partial charge >= 0.3 is 36.1 Å². The Morgan fingerprint density at radius 3 is 1.39 bits per heavy atom. The van der Waals surface area contributed by atoms with Gasteiger partial charge < -0.3 is 61.8 Å². The summed E-state index contributed by atoms with van der Waals surface area (Å²) in [7, 11) is 1.31. The Morgan fingerprint density at radius 1 is 0.686 bits per heavy atom. The Balaban J connectivity index is 0.000000309. The van der Waals surface area contributed by atoms with E-state index < -0.39 is 73.1 Å². The van der Waals surface area contributed by atoms with E-state index in [1.807, 2.05) is 38.8 Å². The zero-order valence-corrected chi connectivity index (χ0v) is 27.0. The highest BCUT2D eigenvalue weighted by Crippen LogP contribution is 2.11. The molecule has 2 aliphatic rings. The number of benzene rings is 2. The summed E-state index contributed by atoms with van der Waals surface area (Å²) < 4.78 is 9.35. The van der Waals surface area contributed by atoms with Gasteiger partial charge in [0, 0.05) is 0 Å². The number of rotatable bonds is 10. The average molecular weight is 721 g/mol. The highest BCUT2D eigenvalue weighted by molar-refractivity contribution is 6.09. The lowest BCUT2D eigenvalue weighted by atomic mass is 10.2. The lowest BCUT2D eigenvalue weighted by Crippen LogP contribution is -2.66. The Labute approximate surface area is 288 Å². The third-order valence-electron chi connectivity index (χ3n) is 6.34. The Morgan fingerprint density at radius 2 is 1.08 bits per heavy atom. The number of nitrogens with one attached hydrogen (secondary N) is 8. The van der Waals surface area contributed by atoms with Crippen molar-refractivity contribution >= 4 is 47.9 Å². The van der Waals surface area contributed by atoms with Crippen molar-refractivity contribution in [1.29, 1.82) is 0 Å². The minimum Gasteiger partial charge on any atom is -0.508 e. The van der Waals surface area contributed by atoms with Crippen molar-refractivity contribution in [1.82, 2.24) is 42.5 Å². The van der Waals surface area contributed by atoms with Crippen LogP contribution in [0.3, 0.4) is 0 Å². The largest absolute Gasteiger partial charge is 0.508 e. The molecule has 12 N–H and O–H groups in total. The summed E-state index contributed by atoms with van der Waals surface area (Å²) in [5.41, 5.74) is -3.22. The summed E-state index contributed by atoms with van der Waals surface area (Å²) >= 11 is 0. The number of aromatic hydroxyl groups is 2. The standard InChI is InChI=1S/C11H16N8O8.C10H12O3.C8H8O3/c20-1-10(4(22)14-8(26)18-10)16-6(24)12-3-13-7(25)17-11(2-21)5(23)15-9(27)19-11;1-2-7-13-10(12)8-3-5-9(11)6-4-8;1-11-8(10)6-2-4-7(9)5-3-6/h20-21H,1-3H2,(H2,12,16,24)(H2,13,17,25)(H2,14,18,22,26)(H2,15,19,23,27);3-6,11H,2,7H2,1H3;2-5,9H,1H3. The van der Waals surface area contributed by atoms with Crippen LogP contribution in [0.4, 0.5) is 19.2 Å². The lowest BCUT2D eigenvalue weighted by molar-refractivity contribution is -0.126. The number of amides is 10. The van der Waals surface area contributed by atoms with Crippen molar-refractivity contribution < 1.29 is 68.3 Å². The molecular weight excluding hydrogens is 684 g/mol. The van der Waals surface area contributed by atoms with Crippen LogP contribution in [0.25, 0.3) is 0 Å². The number of carbonyl (C=O) groups excluding carboxylic acids is 8. The molecule has 2 unspecified atom stereocenters. The predicted molar refractivity (Wildman–Crippen MR) is 169 cm³/mol. The van der Waals surface area contributed by atoms with Crippen molar-refractivity contribution in [3.63, 3.8) is 0 Å². The van der Waals surface area contributed by atoms with Gasteiger partial charge in [-0.2, -0.15) is 0 Å². The predicted octanol–water partition coefficient (Wildman–Crippen LogP) is -2.26. The Hall–Kier alpha value is -6.68. The fourth-order valence-electron chi connectivity index (χ4n) is 3.73. The molecule has 2 aromatic rings. The van der Waals surface area contributed by atoms with Crippen LogP contribution in [0.2, 0.25) is 0 Å². The van der Waals surface area contributed by atoms with Gasteiger partial charge in [0.25, 0.3) is 11.8 Å². The number of phenolic OH excluding ortho intramolecular Hbond substituents is 2. The van der Waals surface area contributed by atoms with Gasteiger partial charge in [0.1, 0.15) is 11.5 Å². The van der Waals surface area contributed by atoms with E-state index in [4.69, 9.17) is 14.9 Å². The number of aliphatic hydroxyl groups is 2. The minimum absolute atomic E-state index is 0.137. The van der Waals surface area contributed by atoms with E-state index in [2.05, 4.69) is 15.4 Å². The Bertz CT molecular complexity index is 1550. The molecule has 51 heavy (non-hydrogen) atoms. The summed E-state index contributed by atoms with van der Waals surface area (Å²) in [5.74, 6) is -2.43. The molecule has 2 heterocycles.